The zero-order chi connectivity index (χ0) is 11.0. The van der Waals surface area contributed by atoms with Crippen LogP contribution < -0.4 is 10.5 Å². The van der Waals surface area contributed by atoms with Crippen molar-refractivity contribution in [3.8, 4) is 5.75 Å². The molecule has 1 aromatic rings. The standard InChI is InChI=1S/C11H13BrClNO/c1-2-3-8-10(14)9-6(12)4-5-7(13)11(9)15-8/h4-5,8,10H,2-3,14H2,1H3. The van der Waals surface area contributed by atoms with Crippen LogP contribution in [0, 0.1) is 0 Å². The minimum atomic E-state index is -0.0759. The fraction of sp³-hybridized carbons (Fsp3) is 0.455. The molecule has 1 aliphatic heterocycles. The molecule has 1 heterocycles. The molecule has 1 aliphatic rings. The first-order valence-electron chi connectivity index (χ1n) is 5.05. The molecule has 0 spiro atoms. The second-order valence-corrected chi connectivity index (χ2v) is 5.00. The molecule has 4 heteroatoms. The highest BCUT2D eigenvalue weighted by Gasteiger charge is 2.34. The highest BCUT2D eigenvalue weighted by molar-refractivity contribution is 9.10. The summed E-state index contributed by atoms with van der Waals surface area (Å²) in [4.78, 5) is 0. The van der Waals surface area contributed by atoms with Crippen LogP contribution in [0.5, 0.6) is 5.75 Å². The van der Waals surface area contributed by atoms with E-state index in [1.807, 2.05) is 12.1 Å². The number of halogens is 2. The van der Waals surface area contributed by atoms with Crippen molar-refractivity contribution >= 4 is 27.5 Å². The van der Waals surface area contributed by atoms with E-state index in [-0.39, 0.29) is 12.1 Å². The summed E-state index contributed by atoms with van der Waals surface area (Å²) in [6, 6.07) is 3.66. The van der Waals surface area contributed by atoms with Gasteiger partial charge in [0.15, 0.2) is 0 Å². The third kappa shape index (κ3) is 1.88. The molecular weight excluding hydrogens is 277 g/mol. The molecule has 0 saturated heterocycles. The van der Waals surface area contributed by atoms with Gasteiger partial charge >= 0.3 is 0 Å². The topological polar surface area (TPSA) is 35.2 Å². The average molecular weight is 291 g/mol. The first-order chi connectivity index (χ1) is 7.15. The molecule has 0 bridgehead atoms. The molecule has 0 fully saturated rings. The molecule has 2 rings (SSSR count). The van der Waals surface area contributed by atoms with Crippen LogP contribution in [-0.4, -0.2) is 6.10 Å². The molecule has 2 nitrogen and oxygen atoms in total. The molecule has 1 aromatic carbocycles. The second-order valence-electron chi connectivity index (χ2n) is 3.74. The molecule has 0 saturated carbocycles. The van der Waals surface area contributed by atoms with Crippen LogP contribution in [0.2, 0.25) is 5.02 Å². The lowest BCUT2D eigenvalue weighted by atomic mass is 10.0. The quantitative estimate of drug-likeness (QED) is 0.902. The Balaban J connectivity index is 2.40. The van der Waals surface area contributed by atoms with E-state index in [0.717, 1.165) is 28.6 Å². The van der Waals surface area contributed by atoms with Crippen LogP contribution >= 0.6 is 27.5 Å². The SMILES string of the molecule is CCCC1Oc2c(Cl)ccc(Br)c2C1N. The Kier molecular flexibility index (Phi) is 3.24. The number of ether oxygens (including phenoxy) is 1. The van der Waals surface area contributed by atoms with Gasteiger partial charge in [-0.3, -0.25) is 0 Å². The van der Waals surface area contributed by atoms with Crippen LogP contribution in [0.1, 0.15) is 31.4 Å². The summed E-state index contributed by atoms with van der Waals surface area (Å²) >= 11 is 9.55. The number of rotatable bonds is 2. The van der Waals surface area contributed by atoms with Crippen molar-refractivity contribution in [1.82, 2.24) is 0 Å². The second kappa shape index (κ2) is 4.32. The minimum Gasteiger partial charge on any atom is -0.486 e. The Bertz CT molecular complexity index is 383. The van der Waals surface area contributed by atoms with Gasteiger partial charge in [0.05, 0.1) is 11.1 Å². The Morgan fingerprint density at radius 3 is 2.87 bits per heavy atom. The first-order valence-corrected chi connectivity index (χ1v) is 6.22. The van der Waals surface area contributed by atoms with E-state index in [1.165, 1.54) is 0 Å². The summed E-state index contributed by atoms with van der Waals surface area (Å²) in [5.74, 6) is 0.747. The molecule has 2 N–H and O–H groups in total. The maximum atomic E-state index is 6.13. The largest absolute Gasteiger partial charge is 0.486 e. The Morgan fingerprint density at radius 1 is 1.53 bits per heavy atom. The van der Waals surface area contributed by atoms with Crippen LogP contribution in [0.25, 0.3) is 0 Å². The van der Waals surface area contributed by atoms with Crippen molar-refractivity contribution in [2.24, 2.45) is 5.73 Å². The normalized spacial score (nSPS) is 23.7. The molecule has 82 valence electrons. The summed E-state index contributed by atoms with van der Waals surface area (Å²) in [5.41, 5.74) is 7.13. The van der Waals surface area contributed by atoms with Gasteiger partial charge in [-0.25, -0.2) is 0 Å². The lowest BCUT2D eigenvalue weighted by molar-refractivity contribution is 0.195. The number of hydrogen-bond acceptors (Lipinski definition) is 2. The summed E-state index contributed by atoms with van der Waals surface area (Å²) in [5, 5.41) is 0.641. The first kappa shape index (κ1) is 11.2. The Labute approximate surface area is 103 Å². The third-order valence-corrected chi connectivity index (χ3v) is 3.66. The van der Waals surface area contributed by atoms with E-state index in [2.05, 4.69) is 22.9 Å². The van der Waals surface area contributed by atoms with E-state index < -0.39 is 0 Å². The van der Waals surface area contributed by atoms with Gasteiger partial charge in [-0.1, -0.05) is 40.9 Å². The van der Waals surface area contributed by atoms with E-state index >= 15 is 0 Å². The number of fused-ring (bicyclic) bond motifs is 1. The predicted molar refractivity (Wildman–Crippen MR) is 65.4 cm³/mol. The third-order valence-electron chi connectivity index (χ3n) is 2.67. The maximum Gasteiger partial charge on any atom is 0.144 e. The van der Waals surface area contributed by atoms with E-state index in [1.54, 1.807) is 0 Å². The summed E-state index contributed by atoms with van der Waals surface area (Å²) < 4.78 is 6.76. The van der Waals surface area contributed by atoms with Crippen LogP contribution in [0.15, 0.2) is 16.6 Å². The Morgan fingerprint density at radius 2 is 2.27 bits per heavy atom. The van der Waals surface area contributed by atoms with Crippen molar-refractivity contribution < 1.29 is 4.74 Å². The zero-order valence-corrected chi connectivity index (χ0v) is 10.8. The summed E-state index contributed by atoms with van der Waals surface area (Å²) in [6.45, 7) is 2.12. The van der Waals surface area contributed by atoms with Crippen molar-refractivity contribution in [3.63, 3.8) is 0 Å². The molecule has 2 unspecified atom stereocenters. The lowest BCUT2D eigenvalue weighted by Gasteiger charge is -2.13. The fourth-order valence-electron chi connectivity index (χ4n) is 1.91. The monoisotopic (exact) mass is 289 g/mol. The van der Waals surface area contributed by atoms with Gasteiger partial charge < -0.3 is 10.5 Å². The molecule has 15 heavy (non-hydrogen) atoms. The highest BCUT2D eigenvalue weighted by atomic mass is 79.9. The predicted octanol–water partition coefficient (Wildman–Crippen LogP) is 3.66. The molecule has 0 amide bonds. The molecular formula is C11H13BrClNO. The van der Waals surface area contributed by atoms with Gasteiger partial charge in [-0.05, 0) is 18.6 Å². The average Bonchev–Trinajstić information content (AvgIpc) is 2.53. The van der Waals surface area contributed by atoms with Gasteiger partial charge in [0.25, 0.3) is 0 Å². The van der Waals surface area contributed by atoms with E-state index in [0.29, 0.717) is 5.02 Å². The minimum absolute atomic E-state index is 0.0567. The molecule has 0 aromatic heterocycles. The summed E-state index contributed by atoms with van der Waals surface area (Å²) in [6.07, 6.45) is 2.07. The van der Waals surface area contributed by atoms with Crippen LogP contribution in [0.4, 0.5) is 0 Å². The van der Waals surface area contributed by atoms with E-state index in [4.69, 9.17) is 22.1 Å². The molecule has 2 atom stereocenters. The van der Waals surface area contributed by atoms with Gasteiger partial charge in [0.1, 0.15) is 11.9 Å². The molecule has 0 radical (unpaired) electrons. The Hall–Kier alpha value is -0.250. The fourth-order valence-corrected chi connectivity index (χ4v) is 2.70. The van der Waals surface area contributed by atoms with E-state index in [9.17, 15) is 0 Å². The van der Waals surface area contributed by atoms with Crippen molar-refractivity contribution in [3.05, 3.63) is 27.2 Å². The highest BCUT2D eigenvalue weighted by Crippen LogP contribution is 2.45. The zero-order valence-electron chi connectivity index (χ0n) is 8.47. The maximum absolute atomic E-state index is 6.13. The number of nitrogens with two attached hydrogens (primary N) is 1. The smallest absolute Gasteiger partial charge is 0.144 e. The van der Waals surface area contributed by atoms with Gasteiger partial charge in [0, 0.05) is 10.0 Å². The van der Waals surface area contributed by atoms with Gasteiger partial charge in [-0.2, -0.15) is 0 Å². The van der Waals surface area contributed by atoms with Crippen LogP contribution in [0.3, 0.4) is 0 Å². The number of hydrogen-bond donors (Lipinski definition) is 1. The molecule has 0 aliphatic carbocycles. The summed E-state index contributed by atoms with van der Waals surface area (Å²) in [7, 11) is 0. The van der Waals surface area contributed by atoms with Crippen LogP contribution in [-0.2, 0) is 0 Å². The number of benzene rings is 1. The van der Waals surface area contributed by atoms with Crippen molar-refractivity contribution in [2.45, 2.75) is 31.9 Å². The van der Waals surface area contributed by atoms with Crippen molar-refractivity contribution in [1.29, 1.82) is 0 Å². The van der Waals surface area contributed by atoms with Crippen molar-refractivity contribution in [2.75, 3.05) is 0 Å². The van der Waals surface area contributed by atoms with Gasteiger partial charge in [-0.15, -0.1) is 0 Å². The van der Waals surface area contributed by atoms with Gasteiger partial charge in [0.2, 0.25) is 0 Å². The lowest BCUT2D eigenvalue weighted by Crippen LogP contribution is -2.25.